The molecule has 0 atom stereocenters. The summed E-state index contributed by atoms with van der Waals surface area (Å²) in [5.41, 5.74) is 2.15. The summed E-state index contributed by atoms with van der Waals surface area (Å²) >= 11 is 0. The van der Waals surface area contributed by atoms with Crippen LogP contribution >= 0.6 is 24.0 Å². The molecule has 0 bridgehead atoms. The molecule has 7 nitrogen and oxygen atoms in total. The van der Waals surface area contributed by atoms with Crippen LogP contribution in [0, 0.1) is 0 Å². The van der Waals surface area contributed by atoms with Crippen LogP contribution in [0.5, 0.6) is 23.0 Å². The van der Waals surface area contributed by atoms with Crippen LogP contribution < -0.4 is 29.6 Å². The Morgan fingerprint density at radius 2 is 1.57 bits per heavy atom. The molecular formula is C22H32IN3O4. The van der Waals surface area contributed by atoms with Crippen molar-refractivity contribution in [2.24, 2.45) is 4.99 Å². The molecule has 0 aliphatic heterocycles. The lowest BCUT2D eigenvalue weighted by atomic mass is 10.1. The second kappa shape index (κ2) is 13.8. The van der Waals surface area contributed by atoms with Gasteiger partial charge in [0.15, 0.2) is 17.5 Å². The van der Waals surface area contributed by atoms with E-state index in [9.17, 15) is 0 Å². The summed E-state index contributed by atoms with van der Waals surface area (Å²) in [4.78, 5) is 4.67. The fourth-order valence-electron chi connectivity index (χ4n) is 2.85. The molecule has 0 amide bonds. The van der Waals surface area contributed by atoms with Crippen molar-refractivity contribution in [2.75, 3.05) is 41.5 Å². The summed E-state index contributed by atoms with van der Waals surface area (Å²) < 4.78 is 21.3. The molecule has 0 spiro atoms. The maximum absolute atomic E-state index is 5.45. The maximum Gasteiger partial charge on any atom is 0.191 e. The average Bonchev–Trinajstić information content (AvgIpc) is 2.77. The van der Waals surface area contributed by atoms with Crippen LogP contribution in [0.4, 0.5) is 0 Å². The predicted octanol–water partition coefficient (Wildman–Crippen LogP) is 3.64. The number of hydrogen-bond acceptors (Lipinski definition) is 5. The van der Waals surface area contributed by atoms with E-state index in [0.29, 0.717) is 6.54 Å². The lowest BCUT2D eigenvalue weighted by Crippen LogP contribution is -2.38. The van der Waals surface area contributed by atoms with E-state index in [2.05, 4.69) is 15.6 Å². The SMILES string of the molecule is CCNC(=NCc1ccc(OC)cc1OC)NCCc1ccc(OC)c(OC)c1.I. The third-order valence-electron chi connectivity index (χ3n) is 4.40. The molecule has 0 aliphatic rings. The Labute approximate surface area is 196 Å². The zero-order chi connectivity index (χ0) is 21.1. The van der Waals surface area contributed by atoms with Gasteiger partial charge in [-0.3, -0.25) is 0 Å². The van der Waals surface area contributed by atoms with E-state index in [1.807, 2.05) is 43.3 Å². The standard InChI is InChI=1S/C22H31N3O4.HI/c1-6-23-22(25-15-17-8-9-18(26-2)14-20(17)28-4)24-12-11-16-7-10-19(27-3)21(13-16)29-5;/h7-10,13-14H,6,11-12,15H2,1-5H3,(H2,23,24,25);1H. The number of aliphatic imine (C=N–C) groups is 1. The van der Waals surface area contributed by atoms with Crippen molar-refractivity contribution in [3.63, 3.8) is 0 Å². The van der Waals surface area contributed by atoms with Gasteiger partial charge in [-0.1, -0.05) is 6.07 Å². The van der Waals surface area contributed by atoms with Crippen molar-refractivity contribution in [1.82, 2.24) is 10.6 Å². The van der Waals surface area contributed by atoms with Gasteiger partial charge < -0.3 is 29.6 Å². The number of guanidine groups is 1. The van der Waals surface area contributed by atoms with Crippen molar-refractivity contribution < 1.29 is 18.9 Å². The predicted molar refractivity (Wildman–Crippen MR) is 131 cm³/mol. The van der Waals surface area contributed by atoms with Gasteiger partial charge in [-0.25, -0.2) is 4.99 Å². The molecule has 30 heavy (non-hydrogen) atoms. The Bertz CT molecular complexity index is 815. The molecule has 8 heteroatoms. The first-order valence-corrected chi connectivity index (χ1v) is 9.59. The van der Waals surface area contributed by atoms with Crippen molar-refractivity contribution in [1.29, 1.82) is 0 Å². The Balaban J connectivity index is 0.00000450. The third-order valence-corrected chi connectivity index (χ3v) is 4.40. The average molecular weight is 529 g/mol. The Kier molecular flexibility index (Phi) is 11.8. The van der Waals surface area contributed by atoms with Crippen LogP contribution in [-0.2, 0) is 13.0 Å². The highest BCUT2D eigenvalue weighted by Crippen LogP contribution is 2.27. The second-order valence-corrected chi connectivity index (χ2v) is 6.24. The monoisotopic (exact) mass is 529 g/mol. The van der Waals surface area contributed by atoms with Crippen LogP contribution in [0.1, 0.15) is 18.1 Å². The number of benzene rings is 2. The van der Waals surface area contributed by atoms with E-state index < -0.39 is 0 Å². The van der Waals surface area contributed by atoms with Gasteiger partial charge >= 0.3 is 0 Å². The van der Waals surface area contributed by atoms with Crippen LogP contribution in [0.15, 0.2) is 41.4 Å². The van der Waals surface area contributed by atoms with Gasteiger partial charge in [0.2, 0.25) is 0 Å². The van der Waals surface area contributed by atoms with Gasteiger partial charge in [-0.15, -0.1) is 24.0 Å². The highest BCUT2D eigenvalue weighted by Gasteiger charge is 2.07. The van der Waals surface area contributed by atoms with E-state index >= 15 is 0 Å². The second-order valence-electron chi connectivity index (χ2n) is 6.24. The van der Waals surface area contributed by atoms with Crippen molar-refractivity contribution in [2.45, 2.75) is 19.9 Å². The van der Waals surface area contributed by atoms with E-state index in [1.54, 1.807) is 28.4 Å². The molecule has 2 rings (SSSR count). The van der Waals surface area contributed by atoms with Crippen LogP contribution in [-0.4, -0.2) is 47.5 Å². The van der Waals surface area contributed by atoms with Crippen LogP contribution in [0.25, 0.3) is 0 Å². The zero-order valence-corrected chi connectivity index (χ0v) is 20.6. The zero-order valence-electron chi connectivity index (χ0n) is 18.3. The summed E-state index contributed by atoms with van der Waals surface area (Å²) in [7, 11) is 6.56. The molecule has 0 aliphatic carbocycles. The lowest BCUT2D eigenvalue weighted by molar-refractivity contribution is 0.354. The van der Waals surface area contributed by atoms with Gasteiger partial charge in [0.1, 0.15) is 11.5 Å². The molecule has 0 saturated carbocycles. The molecule has 0 heterocycles. The molecular weight excluding hydrogens is 497 g/mol. The van der Waals surface area contributed by atoms with E-state index in [1.165, 1.54) is 0 Å². The Morgan fingerprint density at radius 3 is 2.20 bits per heavy atom. The molecule has 0 aromatic heterocycles. The number of nitrogens with zero attached hydrogens (tertiary/aromatic N) is 1. The van der Waals surface area contributed by atoms with E-state index in [0.717, 1.165) is 59.6 Å². The van der Waals surface area contributed by atoms with Gasteiger partial charge in [-0.2, -0.15) is 0 Å². The topological polar surface area (TPSA) is 73.3 Å². The number of halogens is 1. The highest BCUT2D eigenvalue weighted by atomic mass is 127. The summed E-state index contributed by atoms with van der Waals surface area (Å²) in [6, 6.07) is 11.7. The summed E-state index contributed by atoms with van der Waals surface area (Å²) in [6.07, 6.45) is 0.830. The summed E-state index contributed by atoms with van der Waals surface area (Å²) in [5, 5.41) is 6.64. The first-order chi connectivity index (χ1) is 14.1. The third kappa shape index (κ3) is 7.47. The van der Waals surface area contributed by atoms with Gasteiger partial charge in [0.05, 0.1) is 35.0 Å². The summed E-state index contributed by atoms with van der Waals surface area (Å²) in [5.74, 6) is 3.74. The van der Waals surface area contributed by atoms with Gasteiger partial charge in [0.25, 0.3) is 0 Å². The highest BCUT2D eigenvalue weighted by molar-refractivity contribution is 14.0. The fourth-order valence-corrected chi connectivity index (χ4v) is 2.85. The number of methoxy groups -OCH3 is 4. The lowest BCUT2D eigenvalue weighted by Gasteiger charge is -2.13. The molecule has 0 unspecified atom stereocenters. The quantitative estimate of drug-likeness (QED) is 0.278. The Hall–Kier alpha value is -2.36. The molecule has 2 aromatic rings. The molecule has 0 saturated heterocycles. The normalized spacial score (nSPS) is 10.6. The number of ether oxygens (including phenoxy) is 4. The number of rotatable bonds is 10. The van der Waals surface area contributed by atoms with E-state index in [-0.39, 0.29) is 24.0 Å². The van der Waals surface area contributed by atoms with Crippen LogP contribution in [0.3, 0.4) is 0 Å². The van der Waals surface area contributed by atoms with E-state index in [4.69, 9.17) is 18.9 Å². The first kappa shape index (κ1) is 25.7. The minimum atomic E-state index is 0. The van der Waals surface area contributed by atoms with Crippen molar-refractivity contribution >= 4 is 29.9 Å². The molecule has 0 radical (unpaired) electrons. The minimum absolute atomic E-state index is 0. The largest absolute Gasteiger partial charge is 0.497 e. The maximum atomic E-state index is 5.45. The van der Waals surface area contributed by atoms with Crippen molar-refractivity contribution in [3.05, 3.63) is 47.5 Å². The fraction of sp³-hybridized carbons (Fsp3) is 0.409. The first-order valence-electron chi connectivity index (χ1n) is 9.59. The molecule has 166 valence electrons. The molecule has 2 N–H and O–H groups in total. The van der Waals surface area contributed by atoms with Crippen molar-refractivity contribution in [3.8, 4) is 23.0 Å². The molecule has 2 aromatic carbocycles. The number of nitrogens with one attached hydrogen (secondary N) is 2. The smallest absolute Gasteiger partial charge is 0.191 e. The summed E-state index contributed by atoms with van der Waals surface area (Å²) in [6.45, 7) is 4.06. The minimum Gasteiger partial charge on any atom is -0.497 e. The van der Waals surface area contributed by atoms with Gasteiger partial charge in [0, 0.05) is 24.7 Å². The molecule has 0 fully saturated rings. The van der Waals surface area contributed by atoms with Gasteiger partial charge in [-0.05, 0) is 43.2 Å². The number of hydrogen-bond donors (Lipinski definition) is 2. The van der Waals surface area contributed by atoms with Crippen LogP contribution in [0.2, 0.25) is 0 Å². The Morgan fingerprint density at radius 1 is 0.833 bits per heavy atom.